The van der Waals surface area contributed by atoms with Gasteiger partial charge in [0, 0.05) is 30.3 Å². The average molecular weight is 420 g/mol. The summed E-state index contributed by atoms with van der Waals surface area (Å²) in [4.78, 5) is 14.7. The number of carbonyl (C=O) groups is 1. The lowest BCUT2D eigenvalue weighted by Crippen LogP contribution is -2.52. The lowest BCUT2D eigenvalue weighted by Gasteiger charge is -2.40. The van der Waals surface area contributed by atoms with Crippen LogP contribution in [0.4, 0.5) is 13.6 Å². The van der Waals surface area contributed by atoms with Crippen LogP contribution in [0.15, 0.2) is 24.4 Å². The van der Waals surface area contributed by atoms with Gasteiger partial charge >= 0.3 is 6.09 Å². The van der Waals surface area contributed by atoms with E-state index in [0.29, 0.717) is 19.6 Å². The second-order valence-corrected chi connectivity index (χ2v) is 8.84. The zero-order chi connectivity index (χ0) is 21.5. The van der Waals surface area contributed by atoms with Crippen LogP contribution in [0.2, 0.25) is 0 Å². The van der Waals surface area contributed by atoms with Crippen molar-refractivity contribution < 1.29 is 23.0 Å². The normalized spacial score (nSPS) is 24.5. The summed E-state index contributed by atoms with van der Waals surface area (Å²) in [6, 6.07) is 2.68. The van der Waals surface area contributed by atoms with Crippen LogP contribution in [0.1, 0.15) is 50.1 Å². The van der Waals surface area contributed by atoms with Crippen molar-refractivity contribution in [2.75, 3.05) is 6.61 Å². The summed E-state index contributed by atoms with van der Waals surface area (Å²) in [5.74, 6) is -1.13. The quantitative estimate of drug-likeness (QED) is 0.796. The van der Waals surface area contributed by atoms with Crippen LogP contribution in [-0.4, -0.2) is 45.5 Å². The van der Waals surface area contributed by atoms with Gasteiger partial charge in [0.2, 0.25) is 0 Å². The van der Waals surface area contributed by atoms with Crippen molar-refractivity contribution in [2.24, 2.45) is 0 Å². The molecule has 1 saturated heterocycles. The Morgan fingerprint density at radius 3 is 2.87 bits per heavy atom. The number of hydrogen-bond acceptors (Lipinski definition) is 5. The maximum Gasteiger partial charge on any atom is 0.407 e. The fraction of sp³-hybridized carbons (Fsp3) is 0.524. The standard InChI is InChI=1S/C21H26F2N4O3/c1-21(2,3)30-20(28)25-17-7-14(27-9-12-8-24-26-18(12)10-27)11-29-19(17)15-6-13(22)4-5-16(15)23/h4-6,8,14,17,19H,7,9-11H2,1-3H3,(H,24,26)(H,25,28). The molecular weight excluding hydrogens is 394 g/mol. The van der Waals surface area contributed by atoms with Gasteiger partial charge in [-0.05, 0) is 45.4 Å². The number of alkyl carbamates (subject to hydrolysis) is 1. The molecule has 1 aromatic carbocycles. The maximum absolute atomic E-state index is 14.5. The zero-order valence-corrected chi connectivity index (χ0v) is 17.2. The summed E-state index contributed by atoms with van der Waals surface area (Å²) in [6.07, 6.45) is 0.888. The molecule has 3 unspecified atom stereocenters. The number of H-pyrrole nitrogens is 1. The minimum Gasteiger partial charge on any atom is -0.444 e. The minimum absolute atomic E-state index is 0.00129. The van der Waals surface area contributed by atoms with E-state index in [1.165, 1.54) is 0 Å². The molecule has 1 aromatic heterocycles. The highest BCUT2D eigenvalue weighted by atomic mass is 19.1. The molecule has 7 nitrogen and oxygen atoms in total. The van der Waals surface area contributed by atoms with Crippen LogP contribution in [0.25, 0.3) is 0 Å². The molecule has 0 bridgehead atoms. The SMILES string of the molecule is CC(C)(C)OC(=O)NC1CC(N2Cc3cn[nH]c3C2)COC1c1cc(F)ccc1F. The zero-order valence-electron chi connectivity index (χ0n) is 17.2. The summed E-state index contributed by atoms with van der Waals surface area (Å²) in [7, 11) is 0. The fourth-order valence-electron chi connectivity index (χ4n) is 4.05. The van der Waals surface area contributed by atoms with Crippen LogP contribution in [0.3, 0.4) is 0 Å². The monoisotopic (exact) mass is 420 g/mol. The molecule has 0 spiro atoms. The van der Waals surface area contributed by atoms with E-state index in [2.05, 4.69) is 20.4 Å². The van der Waals surface area contributed by atoms with E-state index in [4.69, 9.17) is 9.47 Å². The molecule has 3 atom stereocenters. The van der Waals surface area contributed by atoms with Crippen LogP contribution in [0.5, 0.6) is 0 Å². The van der Waals surface area contributed by atoms with Gasteiger partial charge in [-0.25, -0.2) is 13.6 Å². The van der Waals surface area contributed by atoms with Gasteiger partial charge in [-0.2, -0.15) is 5.10 Å². The molecule has 0 saturated carbocycles. The van der Waals surface area contributed by atoms with Gasteiger partial charge in [-0.15, -0.1) is 0 Å². The van der Waals surface area contributed by atoms with E-state index in [9.17, 15) is 13.6 Å². The van der Waals surface area contributed by atoms with Crippen molar-refractivity contribution in [1.82, 2.24) is 20.4 Å². The Bertz CT molecular complexity index is 907. The first-order valence-electron chi connectivity index (χ1n) is 10.0. The Morgan fingerprint density at radius 2 is 2.13 bits per heavy atom. The minimum atomic E-state index is -0.813. The first-order chi connectivity index (χ1) is 14.2. The largest absolute Gasteiger partial charge is 0.444 e. The van der Waals surface area contributed by atoms with Crippen molar-refractivity contribution in [3.8, 4) is 0 Å². The fourth-order valence-corrected chi connectivity index (χ4v) is 4.05. The van der Waals surface area contributed by atoms with Crippen LogP contribution in [0, 0.1) is 11.6 Å². The Morgan fingerprint density at radius 1 is 1.33 bits per heavy atom. The molecule has 2 N–H and O–H groups in total. The van der Waals surface area contributed by atoms with E-state index in [-0.39, 0.29) is 11.6 Å². The molecule has 0 radical (unpaired) electrons. The predicted octanol–water partition coefficient (Wildman–Crippen LogP) is 3.43. The van der Waals surface area contributed by atoms with E-state index in [1.54, 1.807) is 27.0 Å². The number of fused-ring (bicyclic) bond motifs is 1. The van der Waals surface area contributed by atoms with Crippen LogP contribution in [-0.2, 0) is 22.6 Å². The average Bonchev–Trinajstić information content (AvgIpc) is 3.24. The number of nitrogens with zero attached hydrogens (tertiary/aromatic N) is 2. The van der Waals surface area contributed by atoms with Gasteiger partial charge in [-0.3, -0.25) is 10.00 Å². The van der Waals surface area contributed by atoms with Crippen molar-refractivity contribution in [1.29, 1.82) is 0 Å². The van der Waals surface area contributed by atoms with Crippen molar-refractivity contribution >= 4 is 6.09 Å². The molecule has 2 aliphatic rings. The number of rotatable bonds is 3. The van der Waals surface area contributed by atoms with E-state index in [1.807, 2.05) is 0 Å². The lowest BCUT2D eigenvalue weighted by molar-refractivity contribution is -0.0628. The molecular formula is C21H26F2N4O3. The molecule has 30 heavy (non-hydrogen) atoms. The smallest absolute Gasteiger partial charge is 0.407 e. The second kappa shape index (κ2) is 7.96. The molecule has 2 aliphatic heterocycles. The summed E-state index contributed by atoms with van der Waals surface area (Å²) in [5.41, 5.74) is 1.60. The number of benzene rings is 1. The number of halogens is 2. The van der Waals surface area contributed by atoms with Crippen LogP contribution >= 0.6 is 0 Å². The highest BCUT2D eigenvalue weighted by Gasteiger charge is 2.39. The van der Waals surface area contributed by atoms with Crippen LogP contribution < -0.4 is 5.32 Å². The van der Waals surface area contributed by atoms with E-state index in [0.717, 1.165) is 36.0 Å². The van der Waals surface area contributed by atoms with Gasteiger partial charge < -0.3 is 14.8 Å². The summed E-state index contributed by atoms with van der Waals surface area (Å²) >= 11 is 0. The number of hydrogen-bond donors (Lipinski definition) is 2. The first-order valence-corrected chi connectivity index (χ1v) is 10.0. The van der Waals surface area contributed by atoms with Crippen molar-refractivity contribution in [2.45, 2.75) is 64.1 Å². The predicted molar refractivity (Wildman–Crippen MR) is 104 cm³/mol. The third-order valence-corrected chi connectivity index (χ3v) is 5.38. The Hall–Kier alpha value is -2.52. The molecule has 3 heterocycles. The van der Waals surface area contributed by atoms with Crippen molar-refractivity contribution in [3.05, 3.63) is 52.9 Å². The van der Waals surface area contributed by atoms with Gasteiger partial charge in [0.25, 0.3) is 0 Å². The summed E-state index contributed by atoms with van der Waals surface area (Å²) in [6.45, 7) is 7.05. The molecule has 9 heteroatoms. The number of aromatic amines is 1. The Labute approximate surface area is 173 Å². The Balaban J connectivity index is 1.53. The van der Waals surface area contributed by atoms with Gasteiger partial charge in [0.1, 0.15) is 23.3 Å². The molecule has 2 aromatic rings. The number of carbonyl (C=O) groups excluding carboxylic acids is 1. The molecule has 1 fully saturated rings. The number of amides is 1. The Kier molecular flexibility index (Phi) is 5.50. The third kappa shape index (κ3) is 4.46. The van der Waals surface area contributed by atoms with Crippen molar-refractivity contribution in [3.63, 3.8) is 0 Å². The molecule has 1 amide bonds. The number of nitrogens with one attached hydrogen (secondary N) is 2. The van der Waals surface area contributed by atoms with Gasteiger partial charge in [0.15, 0.2) is 0 Å². The van der Waals surface area contributed by atoms with E-state index >= 15 is 0 Å². The second-order valence-electron chi connectivity index (χ2n) is 8.84. The number of aromatic nitrogens is 2. The highest BCUT2D eigenvalue weighted by molar-refractivity contribution is 5.68. The van der Waals surface area contributed by atoms with Gasteiger partial charge in [0.05, 0.1) is 24.5 Å². The summed E-state index contributed by atoms with van der Waals surface area (Å²) in [5, 5.41) is 9.86. The third-order valence-electron chi connectivity index (χ3n) is 5.38. The number of ether oxygens (including phenoxy) is 2. The van der Waals surface area contributed by atoms with Gasteiger partial charge in [-0.1, -0.05) is 0 Å². The lowest BCUT2D eigenvalue weighted by atomic mass is 9.92. The summed E-state index contributed by atoms with van der Waals surface area (Å²) < 4.78 is 39.6. The topological polar surface area (TPSA) is 79.5 Å². The molecule has 0 aliphatic carbocycles. The molecule has 162 valence electrons. The first kappa shape index (κ1) is 20.7. The highest BCUT2D eigenvalue weighted by Crippen LogP contribution is 2.35. The maximum atomic E-state index is 14.5. The molecule has 4 rings (SSSR count). The van der Waals surface area contributed by atoms with E-state index < -0.39 is 35.5 Å².